The molecule has 0 saturated heterocycles. The summed E-state index contributed by atoms with van der Waals surface area (Å²) in [5.41, 5.74) is 1.22. The van der Waals surface area contributed by atoms with Crippen LogP contribution in [0.5, 0.6) is 0 Å². The number of aliphatic imine (C=N–C) groups is 1. The molecule has 7 nitrogen and oxygen atoms in total. The lowest BCUT2D eigenvalue weighted by molar-refractivity contribution is 0.206. The van der Waals surface area contributed by atoms with Crippen molar-refractivity contribution in [2.24, 2.45) is 4.99 Å². The first-order valence-electron chi connectivity index (χ1n) is 10.00. The number of nitrogens with one attached hydrogen (secondary N) is 2. The molecule has 0 aliphatic heterocycles. The summed E-state index contributed by atoms with van der Waals surface area (Å²) < 4.78 is 27.0. The zero-order valence-corrected chi connectivity index (χ0v) is 18.6. The topological polar surface area (TPSA) is 95.7 Å². The Hall–Kier alpha value is -2.36. The number of aliphatic hydroxyl groups is 1. The predicted molar refractivity (Wildman–Crippen MR) is 123 cm³/mol. The SMILES string of the molecule is CCNC(=NCC(O)CS(=O)(=O)c1cccs1)NCCCn1ccc2ccccc21. The highest BCUT2D eigenvalue weighted by Crippen LogP contribution is 2.18. The second kappa shape index (κ2) is 10.6. The molecular weight excluding hydrogens is 420 g/mol. The molecule has 30 heavy (non-hydrogen) atoms. The zero-order chi connectivity index (χ0) is 21.4. The van der Waals surface area contributed by atoms with E-state index in [9.17, 15) is 13.5 Å². The van der Waals surface area contributed by atoms with E-state index in [0.717, 1.165) is 24.3 Å². The molecule has 1 aromatic carbocycles. The fraction of sp³-hybridized carbons (Fsp3) is 0.381. The molecule has 0 spiro atoms. The van der Waals surface area contributed by atoms with Crippen molar-refractivity contribution in [2.75, 3.05) is 25.4 Å². The molecule has 0 radical (unpaired) electrons. The van der Waals surface area contributed by atoms with E-state index in [2.05, 4.69) is 44.6 Å². The number of sulfone groups is 1. The van der Waals surface area contributed by atoms with Gasteiger partial charge in [0.25, 0.3) is 0 Å². The maximum Gasteiger partial charge on any atom is 0.191 e. The summed E-state index contributed by atoms with van der Waals surface area (Å²) in [4.78, 5) is 4.34. The van der Waals surface area contributed by atoms with Gasteiger partial charge in [-0.2, -0.15) is 0 Å². The van der Waals surface area contributed by atoms with Gasteiger partial charge in [-0.05, 0) is 42.3 Å². The highest BCUT2D eigenvalue weighted by molar-refractivity contribution is 7.93. The van der Waals surface area contributed by atoms with Gasteiger partial charge in [-0.3, -0.25) is 4.99 Å². The average molecular weight is 449 g/mol. The van der Waals surface area contributed by atoms with Gasteiger partial charge in [-0.1, -0.05) is 24.3 Å². The number of guanidine groups is 1. The number of benzene rings is 1. The molecule has 3 N–H and O–H groups in total. The van der Waals surface area contributed by atoms with Crippen LogP contribution in [-0.4, -0.2) is 55.5 Å². The minimum atomic E-state index is -3.48. The van der Waals surface area contributed by atoms with Crippen molar-refractivity contribution in [3.8, 4) is 0 Å². The Kier molecular flexibility index (Phi) is 7.89. The molecule has 2 aromatic heterocycles. The van der Waals surface area contributed by atoms with Gasteiger partial charge in [0.15, 0.2) is 15.8 Å². The van der Waals surface area contributed by atoms with Gasteiger partial charge >= 0.3 is 0 Å². The molecule has 3 aromatic rings. The van der Waals surface area contributed by atoms with E-state index >= 15 is 0 Å². The third kappa shape index (κ3) is 6.07. The van der Waals surface area contributed by atoms with Crippen LogP contribution in [0, 0.1) is 0 Å². The number of rotatable bonds is 10. The molecule has 1 unspecified atom stereocenters. The van der Waals surface area contributed by atoms with Crippen molar-refractivity contribution >= 4 is 38.0 Å². The quantitative estimate of drug-likeness (QED) is 0.252. The van der Waals surface area contributed by atoms with E-state index in [1.165, 1.54) is 10.9 Å². The number of aliphatic hydroxyl groups excluding tert-OH is 1. The van der Waals surface area contributed by atoms with E-state index < -0.39 is 15.9 Å². The molecule has 1 atom stereocenters. The summed E-state index contributed by atoms with van der Waals surface area (Å²) in [7, 11) is -3.48. The first-order chi connectivity index (χ1) is 14.5. The van der Waals surface area contributed by atoms with E-state index in [4.69, 9.17) is 0 Å². The second-order valence-electron chi connectivity index (χ2n) is 6.94. The fourth-order valence-corrected chi connectivity index (χ4v) is 5.63. The number of hydrogen-bond acceptors (Lipinski definition) is 5. The number of thiophene rings is 1. The number of nitrogens with zero attached hydrogens (tertiary/aromatic N) is 2. The molecule has 0 fully saturated rings. The first kappa shape index (κ1) is 22.3. The smallest absolute Gasteiger partial charge is 0.191 e. The molecule has 0 saturated carbocycles. The van der Waals surface area contributed by atoms with Crippen LogP contribution in [-0.2, 0) is 16.4 Å². The lowest BCUT2D eigenvalue weighted by Crippen LogP contribution is -2.39. The maximum atomic E-state index is 12.3. The van der Waals surface area contributed by atoms with Gasteiger partial charge in [-0.25, -0.2) is 8.42 Å². The largest absolute Gasteiger partial charge is 0.390 e. The van der Waals surface area contributed by atoms with Crippen LogP contribution in [0.15, 0.2) is 63.2 Å². The van der Waals surface area contributed by atoms with Crippen LogP contribution in [0.4, 0.5) is 0 Å². The Morgan fingerprint density at radius 3 is 2.80 bits per heavy atom. The Balaban J connectivity index is 1.48. The summed E-state index contributed by atoms with van der Waals surface area (Å²) in [6.45, 7) is 4.24. The van der Waals surface area contributed by atoms with Crippen LogP contribution in [0.2, 0.25) is 0 Å². The van der Waals surface area contributed by atoms with Crippen LogP contribution in [0.25, 0.3) is 10.9 Å². The van der Waals surface area contributed by atoms with E-state index in [-0.39, 0.29) is 16.5 Å². The van der Waals surface area contributed by atoms with E-state index in [0.29, 0.717) is 19.0 Å². The lowest BCUT2D eigenvalue weighted by atomic mass is 10.2. The zero-order valence-electron chi connectivity index (χ0n) is 17.0. The van der Waals surface area contributed by atoms with Crippen LogP contribution in [0.1, 0.15) is 13.3 Å². The molecule has 2 heterocycles. The summed E-state index contributed by atoms with van der Waals surface area (Å²) in [6.07, 6.45) is 1.94. The van der Waals surface area contributed by atoms with Gasteiger partial charge in [-0.15, -0.1) is 11.3 Å². The van der Waals surface area contributed by atoms with Crippen molar-refractivity contribution < 1.29 is 13.5 Å². The highest BCUT2D eigenvalue weighted by atomic mass is 32.2. The number of fused-ring (bicyclic) bond motifs is 1. The van der Waals surface area contributed by atoms with Gasteiger partial charge in [0.05, 0.1) is 18.4 Å². The molecule has 0 aliphatic rings. The summed E-state index contributed by atoms with van der Waals surface area (Å²) in [6, 6.07) is 13.6. The number of hydrogen-bond donors (Lipinski definition) is 3. The van der Waals surface area contributed by atoms with Crippen molar-refractivity contribution in [1.29, 1.82) is 0 Å². The number of aromatic nitrogens is 1. The number of aryl methyl sites for hydroxylation is 1. The summed E-state index contributed by atoms with van der Waals surface area (Å²) in [5, 5.41) is 19.5. The third-order valence-electron chi connectivity index (χ3n) is 4.57. The van der Waals surface area contributed by atoms with Gasteiger partial charge in [0.2, 0.25) is 0 Å². The Bertz CT molecular complexity index is 1060. The minimum Gasteiger partial charge on any atom is -0.390 e. The van der Waals surface area contributed by atoms with Crippen LogP contribution in [0.3, 0.4) is 0 Å². The summed E-state index contributed by atoms with van der Waals surface area (Å²) >= 11 is 1.16. The minimum absolute atomic E-state index is 0.0160. The van der Waals surface area contributed by atoms with Gasteiger partial charge in [0, 0.05) is 31.3 Å². The third-order valence-corrected chi connectivity index (χ3v) is 7.85. The highest BCUT2D eigenvalue weighted by Gasteiger charge is 2.20. The standard InChI is InChI=1S/C21H28N4O3S2/c1-2-22-21(24-15-18(26)16-30(27,28)20-9-5-14-29-20)23-11-6-12-25-13-10-17-7-3-4-8-19(17)25/h3-5,7-10,13-14,18,26H,2,6,11-12,15-16H2,1H3,(H2,22,23,24). The number of para-hydroxylation sites is 1. The van der Waals surface area contributed by atoms with Crippen molar-refractivity contribution in [3.05, 3.63) is 54.0 Å². The first-order valence-corrected chi connectivity index (χ1v) is 12.5. The molecule has 0 amide bonds. The molecule has 9 heteroatoms. The maximum absolute atomic E-state index is 12.3. The Morgan fingerprint density at radius 2 is 2.03 bits per heavy atom. The lowest BCUT2D eigenvalue weighted by Gasteiger charge is -2.13. The Labute approximate surface area is 181 Å². The van der Waals surface area contributed by atoms with Crippen molar-refractivity contribution in [1.82, 2.24) is 15.2 Å². The van der Waals surface area contributed by atoms with Crippen molar-refractivity contribution in [3.63, 3.8) is 0 Å². The Morgan fingerprint density at radius 1 is 1.20 bits per heavy atom. The molecule has 0 bridgehead atoms. The van der Waals surface area contributed by atoms with E-state index in [1.54, 1.807) is 17.5 Å². The molecule has 3 rings (SSSR count). The molecular formula is C21H28N4O3S2. The molecule has 0 aliphatic carbocycles. The van der Waals surface area contributed by atoms with Crippen LogP contribution >= 0.6 is 11.3 Å². The van der Waals surface area contributed by atoms with Gasteiger partial charge < -0.3 is 20.3 Å². The monoisotopic (exact) mass is 448 g/mol. The summed E-state index contributed by atoms with van der Waals surface area (Å²) in [5.74, 6) is 0.236. The molecule has 162 valence electrons. The normalized spacial score (nSPS) is 13.5. The van der Waals surface area contributed by atoms with Crippen LogP contribution < -0.4 is 10.6 Å². The predicted octanol–water partition coefficient (Wildman–Crippen LogP) is 2.48. The van der Waals surface area contributed by atoms with Crippen molar-refractivity contribution in [2.45, 2.75) is 30.2 Å². The fourth-order valence-electron chi connectivity index (χ4n) is 3.16. The van der Waals surface area contributed by atoms with Gasteiger partial charge in [0.1, 0.15) is 4.21 Å². The van der Waals surface area contributed by atoms with E-state index in [1.807, 2.05) is 19.1 Å². The second-order valence-corrected chi connectivity index (χ2v) is 10.1. The average Bonchev–Trinajstić information content (AvgIpc) is 3.40.